The van der Waals surface area contributed by atoms with E-state index in [1.54, 1.807) is 0 Å². The average molecular weight is 290 g/mol. The van der Waals surface area contributed by atoms with Crippen molar-refractivity contribution >= 4 is 17.7 Å². The number of hydrogen-bond acceptors (Lipinski definition) is 2. The van der Waals surface area contributed by atoms with Crippen LogP contribution in [0.4, 0.5) is 10.5 Å². The van der Waals surface area contributed by atoms with Gasteiger partial charge in [0.15, 0.2) is 0 Å². The fourth-order valence-corrected chi connectivity index (χ4v) is 2.60. The SMILES string of the molecule is CC(C)c1cccc(NC(=O)N2CCCCC2C(=O)O)c1. The number of carbonyl (C=O) groups is 2. The second kappa shape index (κ2) is 6.61. The summed E-state index contributed by atoms with van der Waals surface area (Å²) in [7, 11) is 0. The Balaban J connectivity index is 2.09. The Morgan fingerprint density at radius 3 is 2.76 bits per heavy atom. The Morgan fingerprint density at radius 1 is 1.33 bits per heavy atom. The van der Waals surface area contributed by atoms with E-state index < -0.39 is 12.0 Å². The summed E-state index contributed by atoms with van der Waals surface area (Å²) in [4.78, 5) is 25.0. The molecule has 114 valence electrons. The lowest BCUT2D eigenvalue weighted by atomic mass is 10.0. The van der Waals surface area contributed by atoms with Crippen LogP contribution in [0, 0.1) is 0 Å². The van der Waals surface area contributed by atoms with Gasteiger partial charge < -0.3 is 15.3 Å². The van der Waals surface area contributed by atoms with Crippen molar-refractivity contribution in [2.45, 2.75) is 45.1 Å². The monoisotopic (exact) mass is 290 g/mol. The molecule has 1 aromatic carbocycles. The van der Waals surface area contributed by atoms with Crippen molar-refractivity contribution in [3.05, 3.63) is 29.8 Å². The predicted octanol–water partition coefficient (Wildman–Crippen LogP) is 3.28. The highest BCUT2D eigenvalue weighted by molar-refractivity contribution is 5.92. The normalized spacial score (nSPS) is 18.6. The number of benzene rings is 1. The zero-order chi connectivity index (χ0) is 15.4. The number of hydrogen-bond donors (Lipinski definition) is 2. The summed E-state index contributed by atoms with van der Waals surface area (Å²) in [5.41, 5.74) is 1.85. The molecule has 2 N–H and O–H groups in total. The van der Waals surface area contributed by atoms with Crippen LogP contribution in [0.1, 0.15) is 44.6 Å². The molecule has 1 aliphatic rings. The number of urea groups is 1. The Kier molecular flexibility index (Phi) is 4.83. The second-order valence-electron chi connectivity index (χ2n) is 5.75. The number of nitrogens with one attached hydrogen (secondary N) is 1. The standard InChI is InChI=1S/C16H22N2O3/c1-11(2)12-6-5-7-13(10-12)17-16(21)18-9-4-3-8-14(18)15(19)20/h5-7,10-11,14H,3-4,8-9H2,1-2H3,(H,17,21)(H,19,20). The molecule has 0 spiro atoms. The lowest BCUT2D eigenvalue weighted by Crippen LogP contribution is -2.49. The van der Waals surface area contributed by atoms with Gasteiger partial charge in [-0.1, -0.05) is 26.0 Å². The molecule has 1 aromatic rings. The lowest BCUT2D eigenvalue weighted by Gasteiger charge is -2.32. The van der Waals surface area contributed by atoms with Gasteiger partial charge in [0.25, 0.3) is 0 Å². The zero-order valence-electron chi connectivity index (χ0n) is 12.5. The summed E-state index contributed by atoms with van der Waals surface area (Å²) >= 11 is 0. The van der Waals surface area contributed by atoms with Gasteiger partial charge in [-0.05, 0) is 42.9 Å². The van der Waals surface area contributed by atoms with Gasteiger partial charge in [-0.15, -0.1) is 0 Å². The number of rotatable bonds is 3. The summed E-state index contributed by atoms with van der Waals surface area (Å²) < 4.78 is 0. The first kappa shape index (κ1) is 15.4. The number of piperidine rings is 1. The molecule has 21 heavy (non-hydrogen) atoms. The van der Waals surface area contributed by atoms with Crippen molar-refractivity contribution in [1.29, 1.82) is 0 Å². The van der Waals surface area contributed by atoms with Gasteiger partial charge in [0.2, 0.25) is 0 Å². The molecule has 1 saturated heterocycles. The van der Waals surface area contributed by atoms with Crippen molar-refractivity contribution in [1.82, 2.24) is 4.90 Å². The van der Waals surface area contributed by atoms with Crippen LogP contribution in [-0.4, -0.2) is 34.6 Å². The van der Waals surface area contributed by atoms with E-state index in [0.717, 1.165) is 18.4 Å². The number of carboxylic acids is 1. The summed E-state index contributed by atoms with van der Waals surface area (Å²) in [6, 6.07) is 6.62. The van der Waals surface area contributed by atoms with Crippen LogP contribution < -0.4 is 5.32 Å². The smallest absolute Gasteiger partial charge is 0.326 e. The fraction of sp³-hybridized carbons (Fsp3) is 0.500. The van der Waals surface area contributed by atoms with Crippen LogP contribution in [0.25, 0.3) is 0 Å². The minimum absolute atomic E-state index is 0.331. The minimum Gasteiger partial charge on any atom is -0.480 e. The second-order valence-corrected chi connectivity index (χ2v) is 5.75. The van der Waals surface area contributed by atoms with Crippen molar-refractivity contribution in [3.63, 3.8) is 0 Å². The highest BCUT2D eigenvalue weighted by atomic mass is 16.4. The Bertz CT molecular complexity index is 528. The highest BCUT2D eigenvalue weighted by Crippen LogP contribution is 2.21. The number of nitrogens with zero attached hydrogens (tertiary/aromatic N) is 1. The molecule has 1 atom stereocenters. The number of anilines is 1. The molecule has 2 amide bonds. The van der Waals surface area contributed by atoms with Gasteiger partial charge in [0.1, 0.15) is 6.04 Å². The summed E-state index contributed by atoms with van der Waals surface area (Å²) in [5, 5.41) is 12.0. The molecule has 0 aliphatic carbocycles. The first-order valence-electron chi connectivity index (χ1n) is 7.39. The number of carbonyl (C=O) groups excluding carboxylic acids is 1. The van der Waals surface area contributed by atoms with Crippen LogP contribution in [0.3, 0.4) is 0 Å². The maximum Gasteiger partial charge on any atom is 0.326 e. The first-order valence-corrected chi connectivity index (χ1v) is 7.39. The van der Waals surface area contributed by atoms with Crippen molar-refractivity contribution in [3.8, 4) is 0 Å². The molecule has 5 heteroatoms. The van der Waals surface area contributed by atoms with E-state index >= 15 is 0 Å². The molecule has 0 saturated carbocycles. The number of likely N-dealkylation sites (tertiary alicyclic amines) is 1. The van der Waals surface area contributed by atoms with Crippen LogP contribution in [-0.2, 0) is 4.79 Å². The maximum atomic E-state index is 12.3. The largest absolute Gasteiger partial charge is 0.480 e. The summed E-state index contributed by atoms with van der Waals surface area (Å²) in [5.74, 6) is -0.551. The minimum atomic E-state index is -0.930. The number of aliphatic carboxylic acids is 1. The van der Waals surface area contributed by atoms with Gasteiger partial charge in [0, 0.05) is 12.2 Å². The molecule has 5 nitrogen and oxygen atoms in total. The third kappa shape index (κ3) is 3.74. The highest BCUT2D eigenvalue weighted by Gasteiger charge is 2.31. The molecule has 1 heterocycles. The van der Waals surface area contributed by atoms with Crippen LogP contribution in [0.15, 0.2) is 24.3 Å². The van der Waals surface area contributed by atoms with E-state index in [1.165, 1.54) is 4.90 Å². The van der Waals surface area contributed by atoms with Gasteiger partial charge in [-0.2, -0.15) is 0 Å². The lowest BCUT2D eigenvalue weighted by molar-refractivity contribution is -0.143. The topological polar surface area (TPSA) is 69.6 Å². The fourth-order valence-electron chi connectivity index (χ4n) is 2.60. The van der Waals surface area contributed by atoms with E-state index in [9.17, 15) is 14.7 Å². The van der Waals surface area contributed by atoms with Gasteiger partial charge >= 0.3 is 12.0 Å². The van der Waals surface area contributed by atoms with Crippen LogP contribution in [0.2, 0.25) is 0 Å². The van der Waals surface area contributed by atoms with Crippen molar-refractivity contribution < 1.29 is 14.7 Å². The first-order chi connectivity index (χ1) is 9.99. The Hall–Kier alpha value is -2.04. The van der Waals surface area contributed by atoms with Crippen LogP contribution >= 0.6 is 0 Å². The molecular weight excluding hydrogens is 268 g/mol. The van der Waals surface area contributed by atoms with E-state index in [1.807, 2.05) is 24.3 Å². The quantitative estimate of drug-likeness (QED) is 0.897. The maximum absolute atomic E-state index is 12.3. The van der Waals surface area contributed by atoms with Crippen LogP contribution in [0.5, 0.6) is 0 Å². The molecular formula is C16H22N2O3. The molecule has 0 bridgehead atoms. The zero-order valence-corrected chi connectivity index (χ0v) is 12.5. The van der Waals surface area contributed by atoms with Gasteiger partial charge in [-0.25, -0.2) is 9.59 Å². The molecule has 1 unspecified atom stereocenters. The van der Waals surface area contributed by atoms with E-state index in [-0.39, 0.29) is 6.03 Å². The summed E-state index contributed by atoms with van der Waals surface area (Å²) in [6.45, 7) is 4.67. The third-order valence-corrected chi connectivity index (χ3v) is 3.85. The Labute approximate surface area is 125 Å². The third-order valence-electron chi connectivity index (χ3n) is 3.85. The molecule has 0 aromatic heterocycles. The van der Waals surface area contributed by atoms with E-state index in [0.29, 0.717) is 24.6 Å². The number of amides is 2. The predicted molar refractivity (Wildman–Crippen MR) is 81.5 cm³/mol. The van der Waals surface area contributed by atoms with E-state index in [2.05, 4.69) is 19.2 Å². The molecule has 1 fully saturated rings. The Morgan fingerprint density at radius 2 is 2.10 bits per heavy atom. The molecule has 0 radical (unpaired) electrons. The average Bonchev–Trinajstić information content (AvgIpc) is 2.47. The number of carboxylic acid groups (broad SMARTS) is 1. The van der Waals surface area contributed by atoms with Crippen molar-refractivity contribution in [2.24, 2.45) is 0 Å². The molecule has 1 aliphatic heterocycles. The van der Waals surface area contributed by atoms with Gasteiger partial charge in [-0.3, -0.25) is 0 Å². The summed E-state index contributed by atoms with van der Waals surface area (Å²) in [6.07, 6.45) is 2.22. The molecule has 2 rings (SSSR count). The van der Waals surface area contributed by atoms with Crippen molar-refractivity contribution in [2.75, 3.05) is 11.9 Å². The van der Waals surface area contributed by atoms with Gasteiger partial charge in [0.05, 0.1) is 0 Å². The van der Waals surface area contributed by atoms with E-state index in [4.69, 9.17) is 0 Å².